The van der Waals surface area contributed by atoms with Crippen LogP contribution in [-0.4, -0.2) is 30.8 Å². The fourth-order valence-corrected chi connectivity index (χ4v) is 1.09. The molecule has 1 unspecified atom stereocenters. The monoisotopic (exact) mass is 226 g/mol. The number of rotatable bonds is 5. The maximum absolute atomic E-state index is 11.5. The quantitative estimate of drug-likeness (QED) is 0.552. The van der Waals surface area contributed by atoms with E-state index in [1.165, 1.54) is 0 Å². The van der Waals surface area contributed by atoms with E-state index in [9.17, 15) is 4.79 Å². The molecule has 0 aliphatic heterocycles. The number of terminal acetylenes is 1. The lowest BCUT2D eigenvalue weighted by Crippen LogP contribution is -2.44. The minimum absolute atomic E-state index is 0.0446. The molecule has 0 rings (SSSR count). The summed E-state index contributed by atoms with van der Waals surface area (Å²) in [6.45, 7) is 8.67. The molecule has 0 saturated carbocycles. The lowest BCUT2D eigenvalue weighted by Gasteiger charge is -2.23. The standard InChI is InChI=1S/C12H22N2O2/c1-6-8-13-9-10(7-2)14-11(15)16-12(3,4)5/h1,10,13H,7-9H2,2-5H3,(H,14,15). The van der Waals surface area contributed by atoms with E-state index in [2.05, 4.69) is 16.6 Å². The van der Waals surface area contributed by atoms with Gasteiger partial charge in [0.1, 0.15) is 5.60 Å². The summed E-state index contributed by atoms with van der Waals surface area (Å²) in [5.41, 5.74) is -0.464. The van der Waals surface area contributed by atoms with E-state index in [1.807, 2.05) is 27.7 Å². The Labute approximate surface area is 98.1 Å². The average molecular weight is 226 g/mol. The van der Waals surface area contributed by atoms with E-state index < -0.39 is 5.60 Å². The lowest BCUT2D eigenvalue weighted by atomic mass is 10.2. The third kappa shape index (κ3) is 8.13. The van der Waals surface area contributed by atoms with E-state index in [0.717, 1.165) is 6.42 Å². The number of carbonyl (C=O) groups excluding carboxylic acids is 1. The predicted molar refractivity (Wildman–Crippen MR) is 65.2 cm³/mol. The van der Waals surface area contributed by atoms with Crippen molar-refractivity contribution in [1.29, 1.82) is 0 Å². The van der Waals surface area contributed by atoms with Crippen LogP contribution in [0, 0.1) is 12.3 Å². The molecule has 0 aliphatic rings. The number of hydrogen-bond acceptors (Lipinski definition) is 3. The number of nitrogens with one attached hydrogen (secondary N) is 2. The number of amides is 1. The number of carbonyl (C=O) groups is 1. The van der Waals surface area contributed by atoms with Gasteiger partial charge in [-0.05, 0) is 27.2 Å². The van der Waals surface area contributed by atoms with Gasteiger partial charge in [-0.25, -0.2) is 4.79 Å². The molecule has 0 aromatic rings. The van der Waals surface area contributed by atoms with Gasteiger partial charge in [-0.2, -0.15) is 0 Å². The van der Waals surface area contributed by atoms with Gasteiger partial charge in [0.2, 0.25) is 0 Å². The maximum Gasteiger partial charge on any atom is 0.407 e. The fraction of sp³-hybridized carbons (Fsp3) is 0.750. The van der Waals surface area contributed by atoms with Crippen LogP contribution in [0.4, 0.5) is 4.79 Å². The Balaban J connectivity index is 3.93. The van der Waals surface area contributed by atoms with Crippen molar-refractivity contribution in [1.82, 2.24) is 10.6 Å². The highest BCUT2D eigenvalue weighted by Crippen LogP contribution is 2.06. The summed E-state index contributed by atoms with van der Waals surface area (Å²) in [7, 11) is 0. The summed E-state index contributed by atoms with van der Waals surface area (Å²) in [4.78, 5) is 11.5. The van der Waals surface area contributed by atoms with Crippen LogP contribution in [0.3, 0.4) is 0 Å². The van der Waals surface area contributed by atoms with Crippen LogP contribution >= 0.6 is 0 Å². The van der Waals surface area contributed by atoms with Gasteiger partial charge in [0.05, 0.1) is 6.54 Å². The molecule has 16 heavy (non-hydrogen) atoms. The first kappa shape index (κ1) is 14.8. The first-order valence-corrected chi connectivity index (χ1v) is 5.52. The van der Waals surface area contributed by atoms with Crippen LogP contribution in [0.1, 0.15) is 34.1 Å². The van der Waals surface area contributed by atoms with Crippen LogP contribution < -0.4 is 10.6 Å². The van der Waals surface area contributed by atoms with Gasteiger partial charge in [-0.1, -0.05) is 12.8 Å². The molecule has 4 nitrogen and oxygen atoms in total. The predicted octanol–water partition coefficient (Wildman–Crippen LogP) is 1.51. The van der Waals surface area contributed by atoms with Gasteiger partial charge < -0.3 is 15.4 Å². The summed E-state index contributed by atoms with van der Waals surface area (Å²) in [6.07, 6.45) is 5.56. The molecule has 92 valence electrons. The van der Waals surface area contributed by atoms with Crippen molar-refractivity contribution >= 4 is 6.09 Å². The van der Waals surface area contributed by atoms with Crippen LogP contribution in [0.5, 0.6) is 0 Å². The van der Waals surface area contributed by atoms with Gasteiger partial charge in [-0.15, -0.1) is 6.42 Å². The molecule has 1 atom stereocenters. The SMILES string of the molecule is C#CCNCC(CC)NC(=O)OC(C)(C)C. The minimum Gasteiger partial charge on any atom is -0.444 e. The Hall–Kier alpha value is -1.21. The first-order valence-electron chi connectivity index (χ1n) is 5.52. The van der Waals surface area contributed by atoms with Gasteiger partial charge >= 0.3 is 6.09 Å². The molecule has 0 heterocycles. The number of ether oxygens (including phenoxy) is 1. The summed E-state index contributed by atoms with van der Waals surface area (Å²) < 4.78 is 5.16. The Morgan fingerprint density at radius 2 is 2.12 bits per heavy atom. The van der Waals surface area contributed by atoms with Gasteiger partial charge in [0.25, 0.3) is 0 Å². The highest BCUT2D eigenvalue weighted by Gasteiger charge is 2.18. The lowest BCUT2D eigenvalue weighted by molar-refractivity contribution is 0.0503. The molecule has 0 bridgehead atoms. The Morgan fingerprint density at radius 1 is 1.50 bits per heavy atom. The van der Waals surface area contributed by atoms with Crippen molar-refractivity contribution in [3.8, 4) is 12.3 Å². The van der Waals surface area contributed by atoms with Crippen molar-refractivity contribution < 1.29 is 9.53 Å². The number of hydrogen-bond donors (Lipinski definition) is 2. The third-order valence-corrected chi connectivity index (χ3v) is 1.83. The van der Waals surface area contributed by atoms with Gasteiger partial charge in [0, 0.05) is 12.6 Å². The van der Waals surface area contributed by atoms with Crippen molar-refractivity contribution in [2.24, 2.45) is 0 Å². The van der Waals surface area contributed by atoms with E-state index in [1.54, 1.807) is 0 Å². The van der Waals surface area contributed by atoms with Crippen molar-refractivity contribution in [2.45, 2.75) is 45.8 Å². The molecule has 0 spiro atoms. The Bertz CT molecular complexity index is 251. The molecule has 2 N–H and O–H groups in total. The van der Waals surface area contributed by atoms with E-state index in [0.29, 0.717) is 13.1 Å². The maximum atomic E-state index is 11.5. The molecule has 4 heteroatoms. The molecule has 1 amide bonds. The van der Waals surface area contributed by atoms with Crippen LogP contribution in [0.15, 0.2) is 0 Å². The van der Waals surface area contributed by atoms with E-state index >= 15 is 0 Å². The minimum atomic E-state index is -0.464. The zero-order chi connectivity index (χ0) is 12.6. The smallest absolute Gasteiger partial charge is 0.407 e. The van der Waals surface area contributed by atoms with Gasteiger partial charge in [0.15, 0.2) is 0 Å². The molecule has 0 aromatic carbocycles. The Kier molecular flexibility index (Phi) is 6.59. The van der Waals surface area contributed by atoms with Crippen molar-refractivity contribution in [3.63, 3.8) is 0 Å². The van der Waals surface area contributed by atoms with Crippen molar-refractivity contribution in [2.75, 3.05) is 13.1 Å². The topological polar surface area (TPSA) is 50.4 Å². The van der Waals surface area contributed by atoms with E-state index in [4.69, 9.17) is 11.2 Å². The highest BCUT2D eigenvalue weighted by atomic mass is 16.6. The molecular weight excluding hydrogens is 204 g/mol. The summed E-state index contributed by atoms with van der Waals surface area (Å²) in [5, 5.41) is 5.84. The summed E-state index contributed by atoms with van der Waals surface area (Å²) in [5.74, 6) is 2.48. The van der Waals surface area contributed by atoms with Crippen molar-refractivity contribution in [3.05, 3.63) is 0 Å². The van der Waals surface area contributed by atoms with E-state index in [-0.39, 0.29) is 12.1 Å². The second kappa shape index (κ2) is 7.13. The second-order valence-electron chi connectivity index (χ2n) is 4.59. The van der Waals surface area contributed by atoms with Crippen LogP contribution in [0.2, 0.25) is 0 Å². The normalized spacial score (nSPS) is 12.7. The number of alkyl carbamates (subject to hydrolysis) is 1. The summed E-state index contributed by atoms with van der Waals surface area (Å²) in [6, 6.07) is 0.0446. The first-order chi connectivity index (χ1) is 7.39. The Morgan fingerprint density at radius 3 is 2.56 bits per heavy atom. The van der Waals surface area contributed by atoms with Gasteiger partial charge in [-0.3, -0.25) is 0 Å². The van der Waals surface area contributed by atoms with Crippen LogP contribution in [0.25, 0.3) is 0 Å². The third-order valence-electron chi connectivity index (χ3n) is 1.83. The molecular formula is C12H22N2O2. The molecule has 0 fully saturated rings. The molecule has 0 saturated heterocycles. The fourth-order valence-electron chi connectivity index (χ4n) is 1.09. The molecule has 0 aliphatic carbocycles. The second-order valence-corrected chi connectivity index (χ2v) is 4.59. The zero-order valence-corrected chi connectivity index (χ0v) is 10.6. The molecule has 0 aromatic heterocycles. The largest absolute Gasteiger partial charge is 0.444 e. The van der Waals surface area contributed by atoms with Crippen LogP contribution in [-0.2, 0) is 4.74 Å². The summed E-state index contributed by atoms with van der Waals surface area (Å²) >= 11 is 0. The highest BCUT2D eigenvalue weighted by molar-refractivity contribution is 5.68. The zero-order valence-electron chi connectivity index (χ0n) is 10.6. The molecule has 0 radical (unpaired) electrons. The average Bonchev–Trinajstić information content (AvgIpc) is 2.13.